The van der Waals surface area contributed by atoms with Crippen molar-refractivity contribution in [3.63, 3.8) is 0 Å². The van der Waals surface area contributed by atoms with Gasteiger partial charge in [0.15, 0.2) is 0 Å². The van der Waals surface area contributed by atoms with E-state index in [1.807, 2.05) is 19.9 Å². The number of carboxylic acid groups (broad SMARTS) is 1. The van der Waals surface area contributed by atoms with E-state index in [1.54, 1.807) is 24.4 Å². The fraction of sp³-hybridized carbons (Fsp3) is 0.333. The summed E-state index contributed by atoms with van der Waals surface area (Å²) >= 11 is 0. The van der Waals surface area contributed by atoms with Crippen LogP contribution in [-0.4, -0.2) is 22.9 Å². The summed E-state index contributed by atoms with van der Waals surface area (Å²) < 4.78 is 0. The molecule has 0 fully saturated rings. The van der Waals surface area contributed by atoms with Crippen molar-refractivity contribution in [1.82, 2.24) is 10.3 Å². The number of amides is 1. The van der Waals surface area contributed by atoms with Crippen LogP contribution in [0, 0.1) is 5.92 Å². The molecule has 1 aromatic heterocycles. The molecule has 5 heteroatoms. The van der Waals surface area contributed by atoms with E-state index in [0.717, 1.165) is 10.9 Å². The van der Waals surface area contributed by atoms with Gasteiger partial charge in [-0.1, -0.05) is 13.8 Å². The molecule has 0 unspecified atom stereocenters. The first kappa shape index (κ1) is 14.1. The summed E-state index contributed by atoms with van der Waals surface area (Å²) in [6.07, 6.45) is 2.13. The Morgan fingerprint density at radius 3 is 2.70 bits per heavy atom. The highest BCUT2D eigenvalue weighted by molar-refractivity contribution is 5.99. The number of benzene rings is 1. The van der Waals surface area contributed by atoms with Gasteiger partial charge in [0, 0.05) is 22.7 Å². The third-order valence-corrected chi connectivity index (χ3v) is 3.11. The van der Waals surface area contributed by atoms with E-state index in [2.05, 4.69) is 10.3 Å². The number of fused-ring (bicyclic) bond motifs is 1. The minimum absolute atomic E-state index is 0.158. The van der Waals surface area contributed by atoms with Crippen LogP contribution in [0.4, 0.5) is 0 Å². The molecule has 0 saturated heterocycles. The third kappa shape index (κ3) is 3.17. The molecule has 1 amide bonds. The zero-order chi connectivity index (χ0) is 14.7. The quantitative estimate of drug-likeness (QED) is 0.854. The normalized spacial score (nSPS) is 12.6. The molecule has 20 heavy (non-hydrogen) atoms. The summed E-state index contributed by atoms with van der Waals surface area (Å²) in [4.78, 5) is 26.2. The molecular weight excluding hydrogens is 256 g/mol. The van der Waals surface area contributed by atoms with Crippen molar-refractivity contribution in [2.45, 2.75) is 26.3 Å². The summed E-state index contributed by atoms with van der Waals surface area (Å²) in [5, 5.41) is 14.5. The first-order chi connectivity index (χ1) is 9.47. The van der Waals surface area contributed by atoms with Gasteiger partial charge in [0.05, 0.1) is 12.0 Å². The number of aromatic amines is 1. The molecule has 0 radical (unpaired) electrons. The van der Waals surface area contributed by atoms with Crippen LogP contribution < -0.4 is 10.4 Å². The number of carboxylic acids is 1. The molecule has 0 saturated carbocycles. The molecular formula is C15H17N2O3-. The molecule has 0 aliphatic rings. The average Bonchev–Trinajstić information content (AvgIpc) is 2.84. The molecule has 0 bridgehead atoms. The van der Waals surface area contributed by atoms with Crippen LogP contribution in [0.2, 0.25) is 0 Å². The second-order valence-electron chi connectivity index (χ2n) is 5.25. The minimum atomic E-state index is -1.25. The van der Waals surface area contributed by atoms with E-state index in [0.29, 0.717) is 12.0 Å². The van der Waals surface area contributed by atoms with Crippen molar-refractivity contribution in [2.75, 3.05) is 0 Å². The van der Waals surface area contributed by atoms with Crippen LogP contribution in [0.1, 0.15) is 30.6 Å². The highest BCUT2D eigenvalue weighted by atomic mass is 16.4. The predicted molar refractivity (Wildman–Crippen MR) is 74.0 cm³/mol. The van der Waals surface area contributed by atoms with E-state index in [1.165, 1.54) is 0 Å². The van der Waals surface area contributed by atoms with Crippen molar-refractivity contribution in [2.24, 2.45) is 5.92 Å². The number of rotatable bonds is 5. The molecule has 5 nitrogen and oxygen atoms in total. The number of hydrogen-bond acceptors (Lipinski definition) is 3. The molecule has 106 valence electrons. The smallest absolute Gasteiger partial charge is 0.251 e. The summed E-state index contributed by atoms with van der Waals surface area (Å²) in [7, 11) is 0. The lowest BCUT2D eigenvalue weighted by Gasteiger charge is -2.21. The third-order valence-electron chi connectivity index (χ3n) is 3.11. The number of carbonyl (C=O) groups is 2. The van der Waals surface area contributed by atoms with E-state index in [-0.39, 0.29) is 5.92 Å². The van der Waals surface area contributed by atoms with Crippen LogP contribution in [-0.2, 0) is 4.79 Å². The van der Waals surface area contributed by atoms with Gasteiger partial charge in [-0.25, -0.2) is 0 Å². The second-order valence-corrected chi connectivity index (χ2v) is 5.25. The van der Waals surface area contributed by atoms with E-state index >= 15 is 0 Å². The van der Waals surface area contributed by atoms with Gasteiger partial charge >= 0.3 is 0 Å². The van der Waals surface area contributed by atoms with Crippen molar-refractivity contribution >= 4 is 22.8 Å². The minimum Gasteiger partial charge on any atom is -0.548 e. The molecule has 2 aromatic rings. The largest absolute Gasteiger partial charge is 0.548 e. The van der Waals surface area contributed by atoms with Gasteiger partial charge in [0.2, 0.25) is 0 Å². The van der Waals surface area contributed by atoms with Gasteiger partial charge in [-0.3, -0.25) is 4.79 Å². The molecule has 1 aromatic carbocycles. The lowest BCUT2D eigenvalue weighted by molar-refractivity contribution is -0.308. The van der Waals surface area contributed by atoms with Gasteiger partial charge in [0.1, 0.15) is 0 Å². The fourth-order valence-electron chi connectivity index (χ4n) is 2.12. The molecule has 2 rings (SSSR count). The van der Waals surface area contributed by atoms with Gasteiger partial charge in [-0.15, -0.1) is 0 Å². The Balaban J connectivity index is 2.15. The lowest BCUT2D eigenvalue weighted by Crippen LogP contribution is -2.48. The standard InChI is InChI=1S/C15H18N2O3/c1-9(2)7-13(15(19)20)17-14(18)11-3-4-12-10(8-11)5-6-16-12/h3-6,8-9,13,16H,7H2,1-2H3,(H,17,18)(H,19,20)/p-1/t13-/m1/s1. The average molecular weight is 273 g/mol. The molecule has 2 N–H and O–H groups in total. The van der Waals surface area contributed by atoms with Crippen LogP contribution in [0.15, 0.2) is 30.5 Å². The first-order valence-electron chi connectivity index (χ1n) is 6.56. The van der Waals surface area contributed by atoms with E-state index < -0.39 is 17.9 Å². The Morgan fingerprint density at radius 1 is 1.30 bits per heavy atom. The van der Waals surface area contributed by atoms with Crippen LogP contribution in [0.25, 0.3) is 10.9 Å². The number of aromatic nitrogens is 1. The van der Waals surface area contributed by atoms with Crippen molar-refractivity contribution in [3.8, 4) is 0 Å². The van der Waals surface area contributed by atoms with E-state index in [9.17, 15) is 14.7 Å². The van der Waals surface area contributed by atoms with Crippen molar-refractivity contribution in [1.29, 1.82) is 0 Å². The summed E-state index contributed by atoms with van der Waals surface area (Å²) in [5.41, 5.74) is 1.37. The Hall–Kier alpha value is -2.30. The van der Waals surface area contributed by atoms with Gasteiger partial charge < -0.3 is 20.2 Å². The Bertz CT molecular complexity index is 631. The SMILES string of the molecule is CC(C)C[C@@H](NC(=O)c1ccc2[nH]ccc2c1)C(=O)[O-]. The maximum Gasteiger partial charge on any atom is 0.251 e. The monoisotopic (exact) mass is 273 g/mol. The first-order valence-corrected chi connectivity index (χ1v) is 6.56. The molecule has 0 spiro atoms. The highest BCUT2D eigenvalue weighted by Gasteiger charge is 2.16. The maximum absolute atomic E-state index is 12.1. The molecule has 0 aliphatic carbocycles. The number of H-pyrrole nitrogens is 1. The Kier molecular flexibility index (Phi) is 4.08. The van der Waals surface area contributed by atoms with Gasteiger partial charge in [-0.05, 0) is 36.6 Å². The summed E-state index contributed by atoms with van der Waals surface area (Å²) in [6, 6.07) is 6.07. The van der Waals surface area contributed by atoms with Crippen molar-refractivity contribution in [3.05, 3.63) is 36.0 Å². The fourth-order valence-corrected chi connectivity index (χ4v) is 2.12. The summed E-state index contributed by atoms with van der Waals surface area (Å²) in [5.74, 6) is -1.50. The van der Waals surface area contributed by atoms with Crippen LogP contribution in [0.5, 0.6) is 0 Å². The lowest BCUT2D eigenvalue weighted by atomic mass is 10.0. The number of hydrogen-bond donors (Lipinski definition) is 2. The summed E-state index contributed by atoms with van der Waals surface area (Å²) in [6.45, 7) is 3.79. The van der Waals surface area contributed by atoms with Crippen LogP contribution in [0.3, 0.4) is 0 Å². The van der Waals surface area contributed by atoms with Crippen molar-refractivity contribution < 1.29 is 14.7 Å². The zero-order valence-corrected chi connectivity index (χ0v) is 11.5. The highest BCUT2D eigenvalue weighted by Crippen LogP contribution is 2.14. The predicted octanol–water partition coefficient (Wildman–Crippen LogP) is 1.06. The number of aliphatic carboxylic acids is 1. The molecule has 1 atom stereocenters. The zero-order valence-electron chi connectivity index (χ0n) is 11.5. The molecule has 1 heterocycles. The van der Waals surface area contributed by atoms with E-state index in [4.69, 9.17) is 0 Å². The second kappa shape index (κ2) is 5.77. The number of carbonyl (C=O) groups excluding carboxylic acids is 2. The number of nitrogens with one attached hydrogen (secondary N) is 2. The Morgan fingerprint density at radius 2 is 2.05 bits per heavy atom. The van der Waals surface area contributed by atoms with Crippen LogP contribution >= 0.6 is 0 Å². The van der Waals surface area contributed by atoms with Gasteiger partial charge in [-0.2, -0.15) is 0 Å². The maximum atomic E-state index is 12.1. The molecule has 0 aliphatic heterocycles. The van der Waals surface area contributed by atoms with Gasteiger partial charge in [0.25, 0.3) is 5.91 Å². The Labute approximate surface area is 117 Å². The topological polar surface area (TPSA) is 85.0 Å².